The Balaban J connectivity index is 2.20. The molecule has 1 aromatic carbocycles. The van der Waals surface area contributed by atoms with Crippen molar-refractivity contribution in [1.82, 2.24) is 25.9 Å². The number of H-pyrrole nitrogens is 1. The molecule has 0 aliphatic heterocycles. The van der Waals surface area contributed by atoms with Gasteiger partial charge in [0.2, 0.25) is 17.7 Å². The van der Waals surface area contributed by atoms with Gasteiger partial charge in [-0.25, -0.2) is 9.78 Å². The van der Waals surface area contributed by atoms with Crippen LogP contribution in [0, 0.1) is 5.92 Å². The standard InChI is InChI=1S/C25H34N6O7/c1-14(2)8-18(23(35)31-20(25(37)38)11-21(32)33)30-24(36)19(9-15-6-4-3-5-7-15)29-22(34)17(26)10-16-12-27-13-28-16/h3-7,12-14,17-20H,8-11,26H2,1-2H3,(H,27,28)(H,29,34)(H,30,36)(H,31,35)(H,32,33)(H,37,38). The van der Waals surface area contributed by atoms with Crippen LogP contribution in [0.4, 0.5) is 0 Å². The van der Waals surface area contributed by atoms with Gasteiger partial charge in [-0.1, -0.05) is 44.2 Å². The Morgan fingerprint density at radius 2 is 1.50 bits per heavy atom. The Kier molecular flexibility index (Phi) is 11.4. The summed E-state index contributed by atoms with van der Waals surface area (Å²) in [5.74, 6) is -5.12. The van der Waals surface area contributed by atoms with Crippen LogP contribution in [0.2, 0.25) is 0 Å². The molecule has 2 rings (SSSR count). The van der Waals surface area contributed by atoms with Crippen LogP contribution in [0.1, 0.15) is 37.9 Å². The molecule has 1 heterocycles. The maximum atomic E-state index is 13.3. The number of nitrogens with two attached hydrogens (primary N) is 1. The zero-order valence-corrected chi connectivity index (χ0v) is 21.2. The lowest BCUT2D eigenvalue weighted by Crippen LogP contribution is -2.58. The van der Waals surface area contributed by atoms with Gasteiger partial charge in [0.25, 0.3) is 0 Å². The van der Waals surface area contributed by atoms with Crippen molar-refractivity contribution in [1.29, 1.82) is 0 Å². The first-order valence-electron chi connectivity index (χ1n) is 12.1. The van der Waals surface area contributed by atoms with Gasteiger partial charge in [0, 0.05) is 24.7 Å². The summed E-state index contributed by atoms with van der Waals surface area (Å²) < 4.78 is 0. The van der Waals surface area contributed by atoms with Crippen molar-refractivity contribution >= 4 is 29.7 Å². The first kappa shape index (κ1) is 30.0. The third-order valence-electron chi connectivity index (χ3n) is 5.58. The number of benzene rings is 1. The number of hydrogen-bond donors (Lipinski definition) is 7. The third-order valence-corrected chi connectivity index (χ3v) is 5.58. The molecule has 13 nitrogen and oxygen atoms in total. The zero-order valence-electron chi connectivity index (χ0n) is 21.2. The Labute approximate surface area is 219 Å². The lowest BCUT2D eigenvalue weighted by atomic mass is 10.00. The minimum atomic E-state index is -1.67. The number of nitrogens with one attached hydrogen (secondary N) is 4. The molecular formula is C25H34N6O7. The predicted molar refractivity (Wildman–Crippen MR) is 136 cm³/mol. The van der Waals surface area contributed by atoms with Crippen molar-refractivity contribution in [2.24, 2.45) is 11.7 Å². The minimum Gasteiger partial charge on any atom is -0.481 e. The molecule has 0 radical (unpaired) electrons. The van der Waals surface area contributed by atoms with Gasteiger partial charge in [0.1, 0.15) is 18.1 Å². The van der Waals surface area contributed by atoms with E-state index in [-0.39, 0.29) is 25.2 Å². The highest BCUT2D eigenvalue weighted by Gasteiger charge is 2.31. The summed E-state index contributed by atoms with van der Waals surface area (Å²) in [6.45, 7) is 3.60. The lowest BCUT2D eigenvalue weighted by molar-refractivity contribution is -0.147. The molecule has 4 atom stereocenters. The summed E-state index contributed by atoms with van der Waals surface area (Å²) in [5.41, 5.74) is 7.41. The Morgan fingerprint density at radius 1 is 0.895 bits per heavy atom. The van der Waals surface area contributed by atoms with Gasteiger partial charge >= 0.3 is 11.9 Å². The van der Waals surface area contributed by atoms with Gasteiger partial charge in [-0.15, -0.1) is 0 Å². The van der Waals surface area contributed by atoms with Crippen LogP contribution in [-0.4, -0.2) is 74.0 Å². The number of rotatable bonds is 15. The Morgan fingerprint density at radius 3 is 2.05 bits per heavy atom. The van der Waals surface area contributed by atoms with E-state index in [0.29, 0.717) is 5.69 Å². The van der Waals surface area contributed by atoms with Gasteiger partial charge in [-0.05, 0) is 17.9 Å². The number of carbonyl (C=O) groups excluding carboxylic acids is 3. The monoisotopic (exact) mass is 530 g/mol. The molecule has 0 spiro atoms. The smallest absolute Gasteiger partial charge is 0.326 e. The van der Waals surface area contributed by atoms with Crippen molar-refractivity contribution in [3.05, 3.63) is 54.1 Å². The minimum absolute atomic E-state index is 0.0845. The Hall–Kier alpha value is -4.26. The molecule has 206 valence electrons. The Bertz CT molecular complexity index is 1090. The number of imidazole rings is 1. The van der Waals surface area contributed by atoms with Crippen LogP contribution in [0.25, 0.3) is 0 Å². The second kappa shape index (κ2) is 14.5. The summed E-state index contributed by atoms with van der Waals surface area (Å²) >= 11 is 0. The maximum absolute atomic E-state index is 13.3. The average Bonchev–Trinajstić information content (AvgIpc) is 3.35. The maximum Gasteiger partial charge on any atom is 0.326 e. The number of aromatic nitrogens is 2. The predicted octanol–water partition coefficient (Wildman–Crippen LogP) is -0.418. The lowest BCUT2D eigenvalue weighted by Gasteiger charge is -2.26. The first-order chi connectivity index (χ1) is 18.0. The van der Waals surface area contributed by atoms with Gasteiger partial charge in [0.05, 0.1) is 18.8 Å². The first-order valence-corrected chi connectivity index (χ1v) is 12.1. The molecule has 8 N–H and O–H groups in total. The molecule has 13 heteroatoms. The van der Waals surface area contributed by atoms with Crippen molar-refractivity contribution in [2.75, 3.05) is 0 Å². The summed E-state index contributed by atoms with van der Waals surface area (Å²) in [6.07, 6.45) is 2.56. The quantitative estimate of drug-likeness (QED) is 0.159. The molecule has 1 aromatic heterocycles. The van der Waals surface area contributed by atoms with Crippen LogP contribution >= 0.6 is 0 Å². The second-order valence-corrected chi connectivity index (χ2v) is 9.33. The van der Waals surface area contributed by atoms with Gasteiger partial charge < -0.3 is 36.9 Å². The highest BCUT2D eigenvalue weighted by Crippen LogP contribution is 2.09. The number of carbonyl (C=O) groups is 5. The van der Waals surface area contributed by atoms with Crippen molar-refractivity contribution in [3.8, 4) is 0 Å². The molecule has 0 aliphatic carbocycles. The normalized spacial score (nSPS) is 14.1. The molecule has 0 fully saturated rings. The fourth-order valence-corrected chi connectivity index (χ4v) is 3.69. The van der Waals surface area contributed by atoms with E-state index in [0.717, 1.165) is 5.56 Å². The van der Waals surface area contributed by atoms with E-state index in [9.17, 15) is 29.1 Å². The number of nitrogens with zero attached hydrogens (tertiary/aromatic N) is 1. The SMILES string of the molecule is CC(C)CC(NC(=O)C(Cc1ccccc1)NC(=O)C(N)Cc1cnc[nH]1)C(=O)NC(CC(=O)O)C(=O)O. The van der Waals surface area contributed by atoms with Crippen LogP contribution in [0.15, 0.2) is 42.9 Å². The number of aliphatic carboxylic acids is 2. The summed E-state index contributed by atoms with van der Waals surface area (Å²) in [7, 11) is 0. The van der Waals surface area contributed by atoms with E-state index in [1.54, 1.807) is 44.2 Å². The van der Waals surface area contributed by atoms with E-state index < -0.39 is 60.2 Å². The number of aromatic amines is 1. The van der Waals surface area contributed by atoms with Crippen LogP contribution < -0.4 is 21.7 Å². The fourth-order valence-electron chi connectivity index (χ4n) is 3.69. The summed E-state index contributed by atoms with van der Waals surface area (Å²) in [4.78, 5) is 68.2. The van der Waals surface area contributed by atoms with E-state index in [2.05, 4.69) is 25.9 Å². The summed E-state index contributed by atoms with van der Waals surface area (Å²) in [6, 6.07) is 3.98. The van der Waals surface area contributed by atoms with Gasteiger partial charge in [-0.3, -0.25) is 19.2 Å². The van der Waals surface area contributed by atoms with Crippen molar-refractivity contribution in [3.63, 3.8) is 0 Å². The molecular weight excluding hydrogens is 496 g/mol. The average molecular weight is 531 g/mol. The molecule has 0 saturated carbocycles. The molecule has 2 aromatic rings. The molecule has 0 bridgehead atoms. The molecule has 0 aliphatic rings. The van der Waals surface area contributed by atoms with Gasteiger partial charge in [-0.2, -0.15) is 0 Å². The number of hydrogen-bond acceptors (Lipinski definition) is 7. The van der Waals surface area contributed by atoms with Crippen molar-refractivity contribution in [2.45, 2.75) is 63.7 Å². The van der Waals surface area contributed by atoms with Crippen molar-refractivity contribution < 1.29 is 34.2 Å². The molecule has 4 unspecified atom stereocenters. The second-order valence-electron chi connectivity index (χ2n) is 9.33. The fraction of sp³-hybridized carbons (Fsp3) is 0.440. The molecule has 0 saturated heterocycles. The van der Waals surface area contributed by atoms with Gasteiger partial charge in [0.15, 0.2) is 0 Å². The highest BCUT2D eigenvalue weighted by atomic mass is 16.4. The molecule has 38 heavy (non-hydrogen) atoms. The van der Waals surface area contributed by atoms with Crippen LogP contribution in [-0.2, 0) is 36.8 Å². The van der Waals surface area contributed by atoms with E-state index >= 15 is 0 Å². The van der Waals surface area contributed by atoms with E-state index in [4.69, 9.17) is 10.8 Å². The third kappa shape index (κ3) is 10.0. The molecule has 3 amide bonds. The highest BCUT2D eigenvalue weighted by molar-refractivity contribution is 5.94. The van der Waals surface area contributed by atoms with Crippen LogP contribution in [0.3, 0.4) is 0 Å². The largest absolute Gasteiger partial charge is 0.481 e. The number of carboxylic acid groups (broad SMARTS) is 2. The van der Waals surface area contributed by atoms with E-state index in [1.165, 1.54) is 12.5 Å². The zero-order chi connectivity index (χ0) is 28.2. The van der Waals surface area contributed by atoms with E-state index in [1.807, 2.05) is 0 Å². The summed E-state index contributed by atoms with van der Waals surface area (Å²) in [5, 5.41) is 25.7. The topological polar surface area (TPSA) is 217 Å². The number of amides is 3. The van der Waals surface area contributed by atoms with Crippen LogP contribution in [0.5, 0.6) is 0 Å². The number of carboxylic acids is 2.